The van der Waals surface area contributed by atoms with Gasteiger partial charge in [-0.1, -0.05) is 11.3 Å². The van der Waals surface area contributed by atoms with Crippen molar-refractivity contribution >= 4 is 32.4 Å². The lowest BCUT2D eigenvalue weighted by Crippen LogP contribution is -2.21. The summed E-state index contributed by atoms with van der Waals surface area (Å²) in [6.45, 7) is 2.19. The van der Waals surface area contributed by atoms with E-state index < -0.39 is 10.0 Å². The number of carbonyl (C=O) groups excluding carboxylic acids is 1. The minimum Gasteiger partial charge on any atom is -0.351 e. The Morgan fingerprint density at radius 2 is 2.29 bits per heavy atom. The van der Waals surface area contributed by atoms with E-state index in [1.54, 1.807) is 6.92 Å². The van der Waals surface area contributed by atoms with Crippen LogP contribution in [0, 0.1) is 0 Å². The maximum Gasteiger partial charge on any atom is 0.263 e. The van der Waals surface area contributed by atoms with Crippen LogP contribution in [0.5, 0.6) is 0 Å². The van der Waals surface area contributed by atoms with E-state index >= 15 is 0 Å². The van der Waals surface area contributed by atoms with Gasteiger partial charge < -0.3 is 5.32 Å². The SMILES string of the molecule is CCS(=O)(=O)Nc1nc2c(s1)C(=O)NCCC2. The lowest BCUT2D eigenvalue weighted by molar-refractivity contribution is 0.0960. The smallest absolute Gasteiger partial charge is 0.263 e. The highest BCUT2D eigenvalue weighted by Crippen LogP contribution is 2.26. The molecule has 1 aliphatic heterocycles. The number of hydrogen-bond acceptors (Lipinski definition) is 5. The summed E-state index contributed by atoms with van der Waals surface area (Å²) in [6.07, 6.45) is 1.51. The van der Waals surface area contributed by atoms with Crippen LogP contribution in [0.4, 0.5) is 5.13 Å². The largest absolute Gasteiger partial charge is 0.351 e. The Labute approximate surface area is 103 Å². The molecule has 2 N–H and O–H groups in total. The summed E-state index contributed by atoms with van der Waals surface area (Å²) >= 11 is 1.09. The number of amides is 1. The predicted molar refractivity (Wildman–Crippen MR) is 65.9 cm³/mol. The molecule has 0 aromatic carbocycles. The van der Waals surface area contributed by atoms with Crippen LogP contribution in [-0.2, 0) is 16.4 Å². The maximum absolute atomic E-state index is 11.6. The van der Waals surface area contributed by atoms with E-state index in [1.807, 2.05) is 0 Å². The zero-order chi connectivity index (χ0) is 12.5. The molecule has 0 atom stereocenters. The summed E-state index contributed by atoms with van der Waals surface area (Å²) < 4.78 is 25.1. The van der Waals surface area contributed by atoms with Gasteiger partial charge in [0, 0.05) is 6.54 Å². The van der Waals surface area contributed by atoms with E-state index in [1.165, 1.54) is 0 Å². The van der Waals surface area contributed by atoms with Crippen molar-refractivity contribution in [1.29, 1.82) is 0 Å². The average Bonchev–Trinajstić information content (AvgIpc) is 2.59. The van der Waals surface area contributed by atoms with Gasteiger partial charge in [0.1, 0.15) is 4.88 Å². The van der Waals surface area contributed by atoms with Crippen molar-refractivity contribution in [3.63, 3.8) is 0 Å². The Hall–Kier alpha value is -1.15. The first-order valence-electron chi connectivity index (χ1n) is 5.30. The van der Waals surface area contributed by atoms with Crippen molar-refractivity contribution in [3.8, 4) is 0 Å². The first-order chi connectivity index (χ1) is 8.02. The van der Waals surface area contributed by atoms with Crippen molar-refractivity contribution in [2.24, 2.45) is 0 Å². The molecule has 0 saturated carbocycles. The molecule has 1 aromatic heterocycles. The Morgan fingerprint density at radius 1 is 1.53 bits per heavy atom. The number of aromatic nitrogens is 1. The van der Waals surface area contributed by atoms with Crippen LogP contribution in [0.1, 0.15) is 28.7 Å². The molecule has 0 saturated heterocycles. The van der Waals surface area contributed by atoms with Gasteiger partial charge in [-0.05, 0) is 19.8 Å². The van der Waals surface area contributed by atoms with Gasteiger partial charge in [-0.25, -0.2) is 13.4 Å². The highest BCUT2D eigenvalue weighted by atomic mass is 32.2. The van der Waals surface area contributed by atoms with E-state index in [2.05, 4.69) is 15.0 Å². The zero-order valence-electron chi connectivity index (χ0n) is 9.32. The Balaban J connectivity index is 2.28. The fourth-order valence-electron chi connectivity index (χ4n) is 1.49. The molecular weight excluding hydrogens is 262 g/mol. The number of nitrogens with zero attached hydrogens (tertiary/aromatic N) is 1. The highest BCUT2D eigenvalue weighted by molar-refractivity contribution is 7.92. The van der Waals surface area contributed by atoms with Crippen LogP contribution < -0.4 is 10.0 Å². The number of aryl methyl sites for hydroxylation is 1. The molecule has 0 unspecified atom stereocenters. The van der Waals surface area contributed by atoms with Crippen LogP contribution in [-0.4, -0.2) is 31.6 Å². The van der Waals surface area contributed by atoms with Crippen LogP contribution in [0.3, 0.4) is 0 Å². The van der Waals surface area contributed by atoms with Crippen molar-refractivity contribution in [2.45, 2.75) is 19.8 Å². The minimum atomic E-state index is -3.33. The van der Waals surface area contributed by atoms with Crippen molar-refractivity contribution in [3.05, 3.63) is 10.6 Å². The molecule has 1 aromatic rings. The molecule has 17 heavy (non-hydrogen) atoms. The van der Waals surface area contributed by atoms with E-state index in [0.29, 0.717) is 23.5 Å². The van der Waals surface area contributed by atoms with Crippen molar-refractivity contribution in [1.82, 2.24) is 10.3 Å². The molecule has 8 heteroatoms. The van der Waals surface area contributed by atoms with Gasteiger partial charge in [0.2, 0.25) is 10.0 Å². The van der Waals surface area contributed by atoms with Crippen LogP contribution in [0.2, 0.25) is 0 Å². The number of nitrogens with one attached hydrogen (secondary N) is 2. The molecule has 94 valence electrons. The lowest BCUT2D eigenvalue weighted by Gasteiger charge is -2.00. The Morgan fingerprint density at radius 3 is 3.00 bits per heavy atom. The van der Waals surface area contributed by atoms with Gasteiger partial charge in [-0.2, -0.15) is 0 Å². The topological polar surface area (TPSA) is 88.2 Å². The predicted octanol–water partition coefficient (Wildman–Crippen LogP) is 0.581. The summed E-state index contributed by atoms with van der Waals surface area (Å²) in [5.41, 5.74) is 0.679. The molecule has 6 nitrogen and oxygen atoms in total. The minimum absolute atomic E-state index is 0.0105. The first kappa shape index (κ1) is 12.3. The van der Waals surface area contributed by atoms with Gasteiger partial charge in [-0.15, -0.1) is 0 Å². The van der Waals surface area contributed by atoms with Gasteiger partial charge >= 0.3 is 0 Å². The third-order valence-corrected chi connectivity index (χ3v) is 4.81. The second-order valence-electron chi connectivity index (χ2n) is 3.66. The van der Waals surface area contributed by atoms with E-state index in [-0.39, 0.29) is 16.8 Å². The summed E-state index contributed by atoms with van der Waals surface area (Å²) in [7, 11) is -3.33. The molecular formula is C9H13N3O3S2. The lowest BCUT2D eigenvalue weighted by atomic mass is 10.2. The molecule has 0 aliphatic carbocycles. The molecule has 0 spiro atoms. The molecule has 0 fully saturated rings. The first-order valence-corrected chi connectivity index (χ1v) is 7.77. The maximum atomic E-state index is 11.6. The number of anilines is 1. The number of hydrogen-bond donors (Lipinski definition) is 2. The van der Waals surface area contributed by atoms with Gasteiger partial charge in [-0.3, -0.25) is 9.52 Å². The van der Waals surface area contributed by atoms with Crippen LogP contribution >= 0.6 is 11.3 Å². The van der Waals surface area contributed by atoms with Gasteiger partial charge in [0.25, 0.3) is 5.91 Å². The zero-order valence-corrected chi connectivity index (χ0v) is 10.9. The van der Waals surface area contributed by atoms with Crippen LogP contribution in [0.25, 0.3) is 0 Å². The highest BCUT2D eigenvalue weighted by Gasteiger charge is 2.21. The Bertz CT molecular complexity index is 536. The quantitative estimate of drug-likeness (QED) is 0.844. The summed E-state index contributed by atoms with van der Waals surface area (Å²) in [4.78, 5) is 16.3. The van der Waals surface area contributed by atoms with Crippen LogP contribution in [0.15, 0.2) is 0 Å². The third-order valence-electron chi connectivity index (χ3n) is 2.40. The number of sulfonamides is 1. The molecule has 1 aliphatic rings. The van der Waals surface area contributed by atoms with Gasteiger partial charge in [0.15, 0.2) is 5.13 Å². The number of carbonyl (C=O) groups is 1. The van der Waals surface area contributed by atoms with Gasteiger partial charge in [0.05, 0.1) is 11.4 Å². The third kappa shape index (κ3) is 2.75. The fraction of sp³-hybridized carbons (Fsp3) is 0.556. The fourth-order valence-corrected chi connectivity index (χ4v) is 3.27. The Kier molecular flexibility index (Phi) is 3.34. The average molecular weight is 275 g/mol. The summed E-state index contributed by atoms with van der Waals surface area (Å²) in [5, 5.41) is 3.02. The van der Waals surface area contributed by atoms with E-state index in [0.717, 1.165) is 17.8 Å². The number of thiazole rings is 1. The molecule has 0 radical (unpaired) electrons. The van der Waals surface area contributed by atoms with E-state index in [4.69, 9.17) is 0 Å². The normalized spacial score (nSPS) is 15.9. The van der Waals surface area contributed by atoms with Crippen molar-refractivity contribution in [2.75, 3.05) is 17.0 Å². The number of fused-ring (bicyclic) bond motifs is 1. The standard InChI is InChI=1S/C9H13N3O3S2/c1-2-17(14,15)12-9-11-6-4-3-5-10-8(13)7(6)16-9/h2-5H2,1H3,(H,10,13)(H,11,12). The molecule has 2 rings (SSSR count). The second kappa shape index (κ2) is 4.61. The number of rotatable bonds is 3. The second-order valence-corrected chi connectivity index (χ2v) is 6.67. The molecule has 2 heterocycles. The van der Waals surface area contributed by atoms with E-state index in [9.17, 15) is 13.2 Å². The monoisotopic (exact) mass is 275 g/mol. The summed E-state index contributed by atoms with van der Waals surface area (Å²) in [5.74, 6) is -0.180. The molecule has 0 bridgehead atoms. The molecule has 1 amide bonds. The summed E-state index contributed by atoms with van der Waals surface area (Å²) in [6, 6.07) is 0. The van der Waals surface area contributed by atoms with Crippen molar-refractivity contribution < 1.29 is 13.2 Å².